The second-order valence-corrected chi connectivity index (χ2v) is 9.05. The van der Waals surface area contributed by atoms with Crippen molar-refractivity contribution in [3.8, 4) is 22.8 Å². The van der Waals surface area contributed by atoms with Gasteiger partial charge in [0.15, 0.2) is 0 Å². The van der Waals surface area contributed by atoms with E-state index in [0.717, 1.165) is 42.0 Å². The van der Waals surface area contributed by atoms with Crippen molar-refractivity contribution in [2.24, 2.45) is 0 Å². The Kier molecular flexibility index (Phi) is 3.70. The Bertz CT molecular complexity index is 980. The van der Waals surface area contributed by atoms with Gasteiger partial charge in [-0.2, -0.15) is 0 Å². The summed E-state index contributed by atoms with van der Waals surface area (Å²) in [6.45, 7) is 4.18. The molecule has 5 heteroatoms. The number of benzene rings is 2. The summed E-state index contributed by atoms with van der Waals surface area (Å²) in [5.74, 6) is 1.72. The molecule has 0 N–H and O–H groups in total. The molecule has 0 saturated heterocycles. The molecule has 0 spiro atoms. The van der Waals surface area contributed by atoms with Crippen LogP contribution >= 0.6 is 0 Å². The molecule has 132 valence electrons. The van der Waals surface area contributed by atoms with Crippen molar-refractivity contribution >= 4 is 14.7 Å². The third-order valence-corrected chi connectivity index (χ3v) is 7.38. The Morgan fingerprint density at radius 3 is 2.88 bits per heavy atom. The molecule has 1 atom stereocenters. The van der Waals surface area contributed by atoms with Gasteiger partial charge in [-0.1, -0.05) is 6.07 Å². The molecule has 1 unspecified atom stereocenters. The second-order valence-electron chi connectivity index (χ2n) is 7.47. The van der Waals surface area contributed by atoms with Crippen LogP contribution in [0.15, 0.2) is 42.5 Å². The summed E-state index contributed by atoms with van der Waals surface area (Å²) >= 11 is 0.0428. The van der Waals surface area contributed by atoms with E-state index in [4.69, 9.17) is 9.47 Å². The van der Waals surface area contributed by atoms with Crippen molar-refractivity contribution in [3.05, 3.63) is 58.0 Å². The van der Waals surface area contributed by atoms with E-state index >= 15 is 0 Å². The Morgan fingerprint density at radius 1 is 1.15 bits per heavy atom. The maximum atomic E-state index is 6.31. The van der Waals surface area contributed by atoms with Crippen molar-refractivity contribution < 1.29 is 9.47 Å². The zero-order chi connectivity index (χ0) is 17.7. The van der Waals surface area contributed by atoms with E-state index in [2.05, 4.69) is 53.4 Å². The summed E-state index contributed by atoms with van der Waals surface area (Å²) < 4.78 is 18.1. The van der Waals surface area contributed by atoms with Gasteiger partial charge in [0, 0.05) is 0 Å². The maximum absolute atomic E-state index is 6.31. The standard InChI is InChI=1S/C21H20N2O2Se/c1-21(2)20-19(22-23-26-20)17-10-9-16(12-18(17)25-21)24-15-8-7-13-5-3-4-6-14(13)11-15/h3-6,9-10,12,15H,7-8,11H2,1-2H3. The van der Waals surface area contributed by atoms with Crippen LogP contribution in [0.2, 0.25) is 0 Å². The van der Waals surface area contributed by atoms with E-state index in [-0.39, 0.29) is 26.4 Å². The molecular weight excluding hydrogens is 391 g/mol. The van der Waals surface area contributed by atoms with Crippen molar-refractivity contribution in [3.63, 3.8) is 0 Å². The molecule has 5 rings (SSSR count). The number of hydrogen-bond donors (Lipinski definition) is 0. The van der Waals surface area contributed by atoms with Crippen molar-refractivity contribution in [1.82, 2.24) is 9.19 Å². The van der Waals surface area contributed by atoms with Crippen LogP contribution in [0.4, 0.5) is 0 Å². The third-order valence-electron chi connectivity index (χ3n) is 5.21. The number of ether oxygens (including phenoxy) is 2. The summed E-state index contributed by atoms with van der Waals surface area (Å²) in [6, 6.07) is 14.8. The number of aromatic nitrogens is 2. The first-order chi connectivity index (χ1) is 12.6. The first-order valence-corrected chi connectivity index (χ1v) is 10.6. The molecule has 0 bridgehead atoms. The molecule has 2 heterocycles. The van der Waals surface area contributed by atoms with E-state index in [0.29, 0.717) is 0 Å². The van der Waals surface area contributed by atoms with Crippen molar-refractivity contribution in [2.45, 2.75) is 44.8 Å². The van der Waals surface area contributed by atoms with E-state index in [1.54, 1.807) is 0 Å². The molecule has 0 fully saturated rings. The van der Waals surface area contributed by atoms with Gasteiger partial charge >= 0.3 is 153 Å². The fourth-order valence-corrected chi connectivity index (χ4v) is 5.37. The first kappa shape index (κ1) is 16.1. The van der Waals surface area contributed by atoms with Gasteiger partial charge in [0.05, 0.1) is 0 Å². The zero-order valence-electron chi connectivity index (χ0n) is 14.9. The molecule has 0 radical (unpaired) electrons. The SMILES string of the molecule is CC1(C)Oc2cc(OC3CCc4ccccc4C3)ccc2-c2nn[se]c21. The minimum atomic E-state index is -0.353. The molecule has 0 amide bonds. The van der Waals surface area contributed by atoms with Gasteiger partial charge in [0.2, 0.25) is 0 Å². The van der Waals surface area contributed by atoms with E-state index in [9.17, 15) is 0 Å². The van der Waals surface area contributed by atoms with Crippen molar-refractivity contribution in [2.75, 3.05) is 0 Å². The number of aryl methyl sites for hydroxylation is 1. The molecule has 3 aromatic rings. The van der Waals surface area contributed by atoms with Gasteiger partial charge in [-0.25, -0.2) is 0 Å². The van der Waals surface area contributed by atoms with Gasteiger partial charge in [0.1, 0.15) is 0 Å². The summed E-state index contributed by atoms with van der Waals surface area (Å²) in [5, 5.41) is 4.38. The average molecular weight is 411 g/mol. The van der Waals surface area contributed by atoms with E-state index < -0.39 is 0 Å². The molecular formula is C21H20N2O2Se. The number of fused-ring (bicyclic) bond motifs is 4. The molecule has 2 aromatic carbocycles. The molecule has 26 heavy (non-hydrogen) atoms. The topological polar surface area (TPSA) is 44.2 Å². The Balaban J connectivity index is 1.42. The van der Waals surface area contributed by atoms with Crippen LogP contribution in [0, 0.1) is 0 Å². The van der Waals surface area contributed by atoms with Gasteiger partial charge < -0.3 is 0 Å². The molecule has 2 aliphatic rings. The average Bonchev–Trinajstić information content (AvgIpc) is 3.12. The van der Waals surface area contributed by atoms with Crippen LogP contribution < -0.4 is 9.47 Å². The molecule has 0 saturated carbocycles. The van der Waals surface area contributed by atoms with Crippen LogP contribution in [0.5, 0.6) is 11.5 Å². The van der Waals surface area contributed by atoms with Gasteiger partial charge in [-0.05, 0) is 0 Å². The zero-order valence-corrected chi connectivity index (χ0v) is 16.6. The minimum absolute atomic E-state index is 0.0428. The Labute approximate surface area is 159 Å². The van der Waals surface area contributed by atoms with Gasteiger partial charge in [-0.15, -0.1) is 0 Å². The van der Waals surface area contributed by atoms with Gasteiger partial charge in [-0.3, -0.25) is 0 Å². The summed E-state index contributed by atoms with van der Waals surface area (Å²) in [7, 11) is 0. The third kappa shape index (κ3) is 2.67. The van der Waals surface area contributed by atoms with Crippen LogP contribution in [0.25, 0.3) is 11.3 Å². The Morgan fingerprint density at radius 2 is 2.00 bits per heavy atom. The predicted octanol–water partition coefficient (Wildman–Crippen LogP) is 3.76. The van der Waals surface area contributed by atoms with Crippen LogP contribution in [-0.2, 0) is 18.4 Å². The van der Waals surface area contributed by atoms with Crippen molar-refractivity contribution in [1.29, 1.82) is 0 Å². The summed E-state index contributed by atoms with van der Waals surface area (Å²) in [6.07, 6.45) is 3.30. The summed E-state index contributed by atoms with van der Waals surface area (Å²) in [4.78, 5) is 0. The van der Waals surface area contributed by atoms with Gasteiger partial charge in [0.25, 0.3) is 0 Å². The molecule has 4 nitrogen and oxygen atoms in total. The summed E-state index contributed by atoms with van der Waals surface area (Å²) in [5.41, 5.74) is 4.53. The predicted molar refractivity (Wildman–Crippen MR) is 101 cm³/mol. The molecule has 1 aliphatic carbocycles. The van der Waals surface area contributed by atoms with E-state index in [1.165, 1.54) is 15.6 Å². The quantitative estimate of drug-likeness (QED) is 0.603. The second kappa shape index (κ2) is 5.97. The van der Waals surface area contributed by atoms with Crippen LogP contribution in [0.1, 0.15) is 35.8 Å². The molecule has 1 aromatic heterocycles. The first-order valence-electron chi connectivity index (χ1n) is 9.00. The van der Waals surface area contributed by atoms with Crippen LogP contribution in [0.3, 0.4) is 0 Å². The van der Waals surface area contributed by atoms with Crippen LogP contribution in [-0.4, -0.2) is 30.0 Å². The Hall–Kier alpha value is -2.10. The number of hydrogen-bond acceptors (Lipinski definition) is 4. The normalized spacial score (nSPS) is 19.7. The number of rotatable bonds is 2. The fraction of sp³-hybridized carbons (Fsp3) is 0.333. The monoisotopic (exact) mass is 412 g/mol. The molecule has 1 aliphatic heterocycles. The number of nitrogens with zero attached hydrogens (tertiary/aromatic N) is 2. The fourth-order valence-electron chi connectivity index (χ4n) is 3.90. The van der Waals surface area contributed by atoms with E-state index in [1.807, 2.05) is 12.1 Å².